The summed E-state index contributed by atoms with van der Waals surface area (Å²) in [5.74, 6) is -5.33. The summed E-state index contributed by atoms with van der Waals surface area (Å²) in [6.07, 6.45) is -5.00. The van der Waals surface area contributed by atoms with Crippen molar-refractivity contribution in [3.8, 4) is 11.5 Å². The fraction of sp³-hybridized carbons (Fsp3) is 0.400. The van der Waals surface area contributed by atoms with Gasteiger partial charge in [-0.05, 0) is 18.2 Å². The molecule has 4 N–H and O–H groups in total. The maximum atomic E-state index is 13.1. The van der Waals surface area contributed by atoms with E-state index in [1.807, 2.05) is 0 Å². The quantitative estimate of drug-likeness (QED) is 0.743. The number of hydrogen-bond acceptors (Lipinski definition) is 4. The van der Waals surface area contributed by atoms with Crippen LogP contribution in [0.4, 0.5) is 22.0 Å². The number of phenols is 1. The highest BCUT2D eigenvalue weighted by Gasteiger charge is 2.39. The number of rotatable bonds is 4. The molecule has 0 spiro atoms. The third kappa shape index (κ3) is 4.66. The van der Waals surface area contributed by atoms with Gasteiger partial charge in [-0.1, -0.05) is 0 Å². The Balaban J connectivity index is 0.00000361. The molecule has 1 rings (SSSR count). The summed E-state index contributed by atoms with van der Waals surface area (Å²) in [5, 5.41) is 17.8. The smallest absolute Gasteiger partial charge is 0.508 e. The number of alkyl halides is 5. The van der Waals surface area contributed by atoms with E-state index in [0.29, 0.717) is 6.07 Å². The lowest BCUT2D eigenvalue weighted by molar-refractivity contribution is -0.274. The molecule has 10 heteroatoms. The Labute approximate surface area is 116 Å². The highest BCUT2D eigenvalue weighted by Crippen LogP contribution is 2.36. The van der Waals surface area contributed by atoms with Crippen molar-refractivity contribution < 1.29 is 36.9 Å². The molecule has 4 nitrogen and oxygen atoms in total. The van der Waals surface area contributed by atoms with Gasteiger partial charge in [0, 0.05) is 5.56 Å². The van der Waals surface area contributed by atoms with Gasteiger partial charge in [0.15, 0.2) is 0 Å². The molecule has 1 atom stereocenters. The Bertz CT molecular complexity index is 455. The van der Waals surface area contributed by atoms with E-state index >= 15 is 0 Å². The minimum absolute atomic E-state index is 0. The van der Waals surface area contributed by atoms with Crippen LogP contribution in [0.25, 0.3) is 0 Å². The molecule has 0 fully saturated rings. The number of ether oxygens (including phenoxy) is 1. The van der Waals surface area contributed by atoms with Crippen LogP contribution < -0.4 is 10.5 Å². The molecular formula is C10H11ClF5NO3. The molecule has 0 aliphatic heterocycles. The fourth-order valence-electron chi connectivity index (χ4n) is 1.30. The van der Waals surface area contributed by atoms with Gasteiger partial charge in [0.2, 0.25) is 0 Å². The van der Waals surface area contributed by atoms with Crippen molar-refractivity contribution in [3.63, 3.8) is 0 Å². The number of benzene rings is 1. The lowest BCUT2D eigenvalue weighted by Crippen LogP contribution is -2.36. The zero-order valence-electron chi connectivity index (χ0n) is 9.69. The van der Waals surface area contributed by atoms with Crippen LogP contribution in [0.1, 0.15) is 11.6 Å². The van der Waals surface area contributed by atoms with Gasteiger partial charge in [-0.25, -0.2) is 8.78 Å². The second kappa shape index (κ2) is 6.42. The summed E-state index contributed by atoms with van der Waals surface area (Å²) < 4.78 is 65.7. The van der Waals surface area contributed by atoms with E-state index in [4.69, 9.17) is 10.8 Å². The molecule has 116 valence electrons. The van der Waals surface area contributed by atoms with Crippen LogP contribution in [0, 0.1) is 0 Å². The molecule has 0 aliphatic rings. The molecule has 0 aliphatic carbocycles. The Hall–Kier alpha value is -1.32. The highest BCUT2D eigenvalue weighted by atomic mass is 35.5. The molecule has 0 amide bonds. The zero-order chi connectivity index (χ0) is 14.8. The minimum Gasteiger partial charge on any atom is -0.508 e. The van der Waals surface area contributed by atoms with Gasteiger partial charge in [-0.2, -0.15) is 0 Å². The first-order valence-electron chi connectivity index (χ1n) is 4.90. The fourth-order valence-corrected chi connectivity index (χ4v) is 1.30. The Morgan fingerprint density at radius 2 is 1.75 bits per heavy atom. The van der Waals surface area contributed by atoms with Gasteiger partial charge in [0.25, 0.3) is 5.92 Å². The Morgan fingerprint density at radius 3 is 2.20 bits per heavy atom. The molecular weight excluding hydrogens is 313 g/mol. The van der Waals surface area contributed by atoms with E-state index < -0.39 is 42.0 Å². The van der Waals surface area contributed by atoms with Crippen LogP contribution in [0.15, 0.2) is 18.2 Å². The molecule has 1 aromatic rings. The topological polar surface area (TPSA) is 75.7 Å². The molecule has 0 bridgehead atoms. The van der Waals surface area contributed by atoms with Gasteiger partial charge in [-0.15, -0.1) is 25.6 Å². The normalized spacial score (nSPS) is 13.6. The van der Waals surface area contributed by atoms with Crippen molar-refractivity contribution in [1.82, 2.24) is 0 Å². The lowest BCUT2D eigenvalue weighted by atomic mass is 10.0. The molecule has 0 heterocycles. The van der Waals surface area contributed by atoms with Crippen molar-refractivity contribution in [1.29, 1.82) is 0 Å². The van der Waals surface area contributed by atoms with Crippen LogP contribution in [0.2, 0.25) is 0 Å². The van der Waals surface area contributed by atoms with Crippen LogP contribution in [-0.4, -0.2) is 29.1 Å². The molecule has 0 unspecified atom stereocenters. The Kier molecular flexibility index (Phi) is 6.00. The van der Waals surface area contributed by atoms with E-state index in [1.54, 1.807) is 0 Å². The van der Waals surface area contributed by atoms with Gasteiger partial charge in [-0.3, -0.25) is 0 Å². The number of nitrogens with two attached hydrogens (primary N) is 1. The zero-order valence-corrected chi connectivity index (χ0v) is 10.5. The summed E-state index contributed by atoms with van der Waals surface area (Å²) in [6.45, 7) is -1.61. The summed E-state index contributed by atoms with van der Waals surface area (Å²) in [4.78, 5) is 0. The average molecular weight is 324 g/mol. The third-order valence-corrected chi connectivity index (χ3v) is 2.23. The highest BCUT2D eigenvalue weighted by molar-refractivity contribution is 5.85. The molecule has 0 radical (unpaired) electrons. The molecule has 0 saturated carbocycles. The standard InChI is InChI=1S/C10H10F5NO3.ClH/c11-9(12,4-17)8(16)6-3-5(1-2-7(6)18)19-10(13,14)15;/h1-3,8,17-18H,4,16H2;1H/t8-;/m1./s1. The lowest BCUT2D eigenvalue weighted by Gasteiger charge is -2.23. The van der Waals surface area contributed by atoms with Crippen molar-refractivity contribution in [2.45, 2.75) is 18.3 Å². The SMILES string of the molecule is Cl.N[C@H](c1cc(OC(F)(F)F)ccc1O)C(F)(F)CO. The molecule has 1 aromatic carbocycles. The molecule has 0 aromatic heterocycles. The van der Waals surface area contributed by atoms with E-state index in [0.717, 1.165) is 12.1 Å². The number of phenolic OH excluding ortho intramolecular Hbond substituents is 1. The van der Waals surface area contributed by atoms with E-state index in [-0.39, 0.29) is 12.4 Å². The van der Waals surface area contributed by atoms with Gasteiger partial charge in [0.1, 0.15) is 24.1 Å². The summed E-state index contributed by atoms with van der Waals surface area (Å²) in [5.41, 5.74) is 4.44. The second-order valence-corrected chi connectivity index (χ2v) is 3.67. The van der Waals surface area contributed by atoms with Crippen molar-refractivity contribution in [3.05, 3.63) is 23.8 Å². The number of aliphatic hydroxyl groups excluding tert-OH is 1. The number of aromatic hydroxyl groups is 1. The first kappa shape index (κ1) is 18.7. The predicted octanol–water partition coefficient (Wildman–Crippen LogP) is 2.34. The van der Waals surface area contributed by atoms with Crippen LogP contribution in [-0.2, 0) is 0 Å². The Morgan fingerprint density at radius 1 is 1.20 bits per heavy atom. The van der Waals surface area contributed by atoms with E-state index in [2.05, 4.69) is 4.74 Å². The third-order valence-electron chi connectivity index (χ3n) is 2.23. The van der Waals surface area contributed by atoms with Crippen LogP contribution in [0.5, 0.6) is 11.5 Å². The van der Waals surface area contributed by atoms with Crippen molar-refractivity contribution in [2.75, 3.05) is 6.61 Å². The molecule has 20 heavy (non-hydrogen) atoms. The van der Waals surface area contributed by atoms with Crippen molar-refractivity contribution in [2.24, 2.45) is 5.73 Å². The number of halogens is 6. The van der Waals surface area contributed by atoms with Crippen LogP contribution in [0.3, 0.4) is 0 Å². The monoisotopic (exact) mass is 323 g/mol. The van der Waals surface area contributed by atoms with Gasteiger partial charge < -0.3 is 20.7 Å². The van der Waals surface area contributed by atoms with Gasteiger partial charge >= 0.3 is 6.36 Å². The molecule has 0 saturated heterocycles. The second-order valence-electron chi connectivity index (χ2n) is 3.67. The summed E-state index contributed by atoms with van der Waals surface area (Å²) in [7, 11) is 0. The maximum Gasteiger partial charge on any atom is 0.573 e. The maximum absolute atomic E-state index is 13.1. The predicted molar refractivity (Wildman–Crippen MR) is 61.0 cm³/mol. The van der Waals surface area contributed by atoms with Crippen LogP contribution >= 0.6 is 12.4 Å². The summed E-state index contributed by atoms with van der Waals surface area (Å²) >= 11 is 0. The number of aliphatic hydroxyl groups is 1. The number of hydrogen-bond donors (Lipinski definition) is 3. The van der Waals surface area contributed by atoms with E-state index in [1.165, 1.54) is 0 Å². The largest absolute Gasteiger partial charge is 0.573 e. The first-order valence-corrected chi connectivity index (χ1v) is 4.90. The van der Waals surface area contributed by atoms with E-state index in [9.17, 15) is 27.1 Å². The minimum atomic E-state index is -5.00. The van der Waals surface area contributed by atoms with Gasteiger partial charge in [0.05, 0.1) is 0 Å². The average Bonchev–Trinajstić information content (AvgIpc) is 2.29. The summed E-state index contributed by atoms with van der Waals surface area (Å²) in [6, 6.07) is -0.147. The first-order chi connectivity index (χ1) is 8.57. The van der Waals surface area contributed by atoms with Crippen molar-refractivity contribution >= 4 is 12.4 Å².